The van der Waals surface area contributed by atoms with Crippen LogP contribution in [0.4, 0.5) is 0 Å². The molecule has 8 aromatic rings. The quantitative estimate of drug-likeness (QED) is 0.214. The summed E-state index contributed by atoms with van der Waals surface area (Å²) in [4.78, 5) is 4.36. The molecule has 4 nitrogen and oxygen atoms in total. The van der Waals surface area contributed by atoms with Gasteiger partial charge in [0, 0.05) is 39.5 Å². The van der Waals surface area contributed by atoms with Gasteiger partial charge in [-0.3, -0.25) is 4.98 Å². The van der Waals surface area contributed by atoms with Crippen molar-refractivity contribution in [3.8, 4) is 28.6 Å². The van der Waals surface area contributed by atoms with Gasteiger partial charge >= 0.3 is 0 Å². The number of benzene rings is 5. The molecule has 8 rings (SSSR count). The lowest BCUT2D eigenvalue weighted by atomic mass is 9.99. The average molecular weight is 567 g/mol. The third kappa shape index (κ3) is 3.87. The number of rotatable bonds is 3. The normalized spacial score (nSPS) is 11.6. The Kier molecular flexibility index (Phi) is 5.73. The molecule has 0 spiro atoms. The highest BCUT2D eigenvalue weighted by Gasteiger charge is 2.23. The van der Waals surface area contributed by atoms with E-state index < -0.39 is 0 Å². The van der Waals surface area contributed by atoms with Gasteiger partial charge in [-0.2, -0.15) is 5.26 Å². The predicted molar refractivity (Wildman–Crippen MR) is 182 cm³/mol. The monoisotopic (exact) mass is 566 g/mol. The Morgan fingerprint density at radius 2 is 0.864 bits per heavy atom. The van der Waals surface area contributed by atoms with Crippen LogP contribution >= 0.6 is 0 Å². The highest BCUT2D eigenvalue weighted by molar-refractivity contribution is 6.12. The average Bonchev–Trinajstić information content (AvgIpc) is 3.51. The lowest BCUT2D eigenvalue weighted by molar-refractivity contribution is 1.13. The fourth-order valence-corrected chi connectivity index (χ4v) is 6.86. The number of nitriles is 1. The largest absolute Gasteiger partial charge is 0.308 e. The van der Waals surface area contributed by atoms with Gasteiger partial charge in [0.1, 0.15) is 0 Å². The minimum Gasteiger partial charge on any atom is -0.308 e. The van der Waals surface area contributed by atoms with Crippen LogP contribution in [0.25, 0.3) is 66.1 Å². The van der Waals surface area contributed by atoms with E-state index in [0.717, 1.165) is 44.6 Å². The van der Waals surface area contributed by atoms with E-state index in [9.17, 15) is 5.26 Å². The Morgan fingerprint density at radius 1 is 0.500 bits per heavy atom. The van der Waals surface area contributed by atoms with Crippen LogP contribution < -0.4 is 0 Å². The van der Waals surface area contributed by atoms with Crippen LogP contribution in [0, 0.1) is 39.0 Å². The summed E-state index contributed by atoms with van der Waals surface area (Å²) in [5, 5.41) is 15.3. The Morgan fingerprint density at radius 3 is 1.20 bits per heavy atom. The highest BCUT2D eigenvalue weighted by Crippen LogP contribution is 2.43. The molecule has 0 aliphatic heterocycles. The van der Waals surface area contributed by atoms with Crippen molar-refractivity contribution in [1.82, 2.24) is 14.1 Å². The molecule has 4 heteroatoms. The highest BCUT2D eigenvalue weighted by atomic mass is 15.0. The summed E-state index contributed by atoms with van der Waals surface area (Å²) in [5.74, 6) is 0. The number of pyridine rings is 1. The molecule has 0 aliphatic rings. The van der Waals surface area contributed by atoms with Crippen molar-refractivity contribution >= 4 is 43.6 Å². The molecule has 5 aromatic carbocycles. The summed E-state index contributed by atoms with van der Waals surface area (Å²) in [6.07, 6.45) is 3.69. The van der Waals surface area contributed by atoms with E-state index in [2.05, 4.69) is 133 Å². The van der Waals surface area contributed by atoms with E-state index in [4.69, 9.17) is 0 Å². The molecule has 0 unspecified atom stereocenters. The summed E-state index contributed by atoms with van der Waals surface area (Å²) in [5.41, 5.74) is 13.9. The first-order valence-corrected chi connectivity index (χ1v) is 14.9. The Hall–Kier alpha value is -5.66. The van der Waals surface area contributed by atoms with E-state index in [1.165, 1.54) is 43.8 Å². The fourth-order valence-electron chi connectivity index (χ4n) is 6.86. The lowest BCUT2D eigenvalue weighted by Gasteiger charge is -2.21. The van der Waals surface area contributed by atoms with Crippen molar-refractivity contribution < 1.29 is 0 Å². The number of nitrogens with zero attached hydrogens (tertiary/aromatic N) is 4. The fraction of sp³-hybridized carbons (Fsp3) is 0.100. The summed E-state index contributed by atoms with van der Waals surface area (Å²) < 4.78 is 4.68. The second-order valence-corrected chi connectivity index (χ2v) is 12.0. The molecule has 210 valence electrons. The molecule has 0 saturated carbocycles. The van der Waals surface area contributed by atoms with Gasteiger partial charge in [0.25, 0.3) is 0 Å². The number of aryl methyl sites for hydroxylation is 4. The molecule has 3 aromatic heterocycles. The zero-order valence-electron chi connectivity index (χ0n) is 25.2. The first-order valence-electron chi connectivity index (χ1n) is 14.9. The van der Waals surface area contributed by atoms with Crippen LogP contribution in [0.1, 0.15) is 27.8 Å². The van der Waals surface area contributed by atoms with Crippen LogP contribution in [0.2, 0.25) is 0 Å². The zero-order chi connectivity index (χ0) is 30.1. The first kappa shape index (κ1) is 26.0. The number of hydrogen-bond acceptors (Lipinski definition) is 2. The summed E-state index contributed by atoms with van der Waals surface area (Å²) >= 11 is 0. The van der Waals surface area contributed by atoms with Crippen molar-refractivity contribution in [3.05, 3.63) is 137 Å². The van der Waals surface area contributed by atoms with Crippen LogP contribution in [0.3, 0.4) is 0 Å². The molecule has 0 amide bonds. The van der Waals surface area contributed by atoms with Gasteiger partial charge < -0.3 is 9.13 Å². The number of fused-ring (bicyclic) bond motifs is 6. The van der Waals surface area contributed by atoms with Crippen LogP contribution in [-0.4, -0.2) is 14.1 Å². The maximum Gasteiger partial charge on any atom is 0.0993 e. The van der Waals surface area contributed by atoms with Crippen molar-refractivity contribution in [2.75, 3.05) is 0 Å². The van der Waals surface area contributed by atoms with E-state index in [0.29, 0.717) is 5.56 Å². The molecule has 0 N–H and O–H groups in total. The van der Waals surface area contributed by atoms with Crippen molar-refractivity contribution in [2.45, 2.75) is 27.7 Å². The van der Waals surface area contributed by atoms with E-state index in [1.807, 2.05) is 24.5 Å². The van der Waals surface area contributed by atoms with Crippen LogP contribution in [0.5, 0.6) is 0 Å². The van der Waals surface area contributed by atoms with Crippen molar-refractivity contribution in [1.29, 1.82) is 5.26 Å². The van der Waals surface area contributed by atoms with Gasteiger partial charge in [0.05, 0.1) is 45.1 Å². The van der Waals surface area contributed by atoms with Crippen molar-refractivity contribution in [2.24, 2.45) is 0 Å². The SMILES string of the molecule is Cc1ccc2c(c1)c1cc(C)ccc1n2-c1cc(C#N)cc(-n2c3ccc(C)cc3c3cc(C)ccc32)c1-c1ccncc1. The molecule has 0 radical (unpaired) electrons. The summed E-state index contributed by atoms with van der Waals surface area (Å²) in [7, 11) is 0. The summed E-state index contributed by atoms with van der Waals surface area (Å²) in [6, 6.07) is 37.3. The number of hydrogen-bond donors (Lipinski definition) is 0. The van der Waals surface area contributed by atoms with E-state index >= 15 is 0 Å². The molecule has 44 heavy (non-hydrogen) atoms. The molecule has 0 aliphatic carbocycles. The van der Waals surface area contributed by atoms with Gasteiger partial charge in [0.2, 0.25) is 0 Å². The Labute approximate surface area is 256 Å². The molecule has 0 atom stereocenters. The van der Waals surface area contributed by atoms with E-state index in [-0.39, 0.29) is 0 Å². The minimum absolute atomic E-state index is 0.608. The summed E-state index contributed by atoms with van der Waals surface area (Å²) in [6.45, 7) is 8.56. The maximum atomic E-state index is 10.5. The predicted octanol–water partition coefficient (Wildman–Crippen LogP) is 10.0. The molecule has 0 saturated heterocycles. The molecular weight excluding hydrogens is 536 g/mol. The Bertz CT molecular complexity index is 2220. The number of aromatic nitrogens is 3. The first-order chi connectivity index (χ1) is 21.4. The van der Waals surface area contributed by atoms with Gasteiger partial charge in [-0.1, -0.05) is 46.5 Å². The van der Waals surface area contributed by atoms with Crippen molar-refractivity contribution in [3.63, 3.8) is 0 Å². The van der Waals surface area contributed by atoms with E-state index in [1.54, 1.807) is 0 Å². The van der Waals surface area contributed by atoms with Crippen LogP contribution in [-0.2, 0) is 0 Å². The van der Waals surface area contributed by atoms with Crippen LogP contribution in [0.15, 0.2) is 109 Å². The standard InChI is InChI=1S/C40H30N4/c1-24-5-9-34-30(17-24)31-18-25(2)6-10-35(31)43(34)38-21-28(23-41)22-39(40(38)29-13-15-42-16-14-29)44-36-11-7-26(3)19-32(36)33-20-27(4)8-12-37(33)44/h5-22H,1-4H3. The smallest absolute Gasteiger partial charge is 0.0993 e. The maximum absolute atomic E-state index is 10.5. The third-order valence-electron chi connectivity index (χ3n) is 8.83. The second-order valence-electron chi connectivity index (χ2n) is 12.0. The molecule has 0 bridgehead atoms. The zero-order valence-corrected chi connectivity index (χ0v) is 25.2. The van der Waals surface area contributed by atoms with Gasteiger partial charge in [-0.25, -0.2) is 0 Å². The topological polar surface area (TPSA) is 46.5 Å². The van der Waals surface area contributed by atoms with Gasteiger partial charge in [0.15, 0.2) is 0 Å². The Balaban J connectivity index is 1.60. The van der Waals surface area contributed by atoms with Gasteiger partial charge in [-0.15, -0.1) is 0 Å². The molecule has 0 fully saturated rings. The molecule has 3 heterocycles. The second kappa shape index (κ2) is 9.69. The minimum atomic E-state index is 0.608. The van der Waals surface area contributed by atoms with Gasteiger partial charge in [-0.05, 0) is 106 Å². The molecular formula is C40H30N4. The lowest BCUT2D eigenvalue weighted by Crippen LogP contribution is -2.05. The third-order valence-corrected chi connectivity index (χ3v) is 8.83.